The summed E-state index contributed by atoms with van der Waals surface area (Å²) >= 11 is 3.24. The van der Waals surface area contributed by atoms with Crippen LogP contribution in [0.3, 0.4) is 0 Å². The molecule has 5 nitrogen and oxygen atoms in total. The van der Waals surface area contributed by atoms with Crippen LogP contribution in [0, 0.1) is 19.4 Å². The maximum atomic E-state index is 6.91. The van der Waals surface area contributed by atoms with Gasteiger partial charge in [-0.2, -0.15) is 5.53 Å². The summed E-state index contributed by atoms with van der Waals surface area (Å²) in [4.78, 5) is 8.97. The zero-order chi connectivity index (χ0) is 15.5. The fourth-order valence-electron chi connectivity index (χ4n) is 2.26. The number of aromatic nitrogens is 2. The Bertz CT molecular complexity index is 792. The zero-order valence-corrected chi connectivity index (χ0v) is 13.9. The molecule has 0 aliphatic heterocycles. The molecule has 0 amide bonds. The number of rotatable bonds is 5. The average molecular weight is 329 g/mol. The van der Waals surface area contributed by atoms with Crippen molar-refractivity contribution < 1.29 is 0 Å². The van der Waals surface area contributed by atoms with Crippen LogP contribution in [0.15, 0.2) is 33.6 Å². The lowest BCUT2D eigenvalue weighted by Gasteiger charge is -2.10. The first kappa shape index (κ1) is 14.8. The maximum absolute atomic E-state index is 6.91. The number of nitrogens with one attached hydrogen (secondary N) is 2. The second-order valence-corrected chi connectivity index (χ2v) is 6.66. The van der Waals surface area contributed by atoms with Crippen molar-refractivity contribution in [3.05, 3.63) is 50.1 Å². The lowest BCUT2D eigenvalue weighted by molar-refractivity contribution is 1.04. The van der Waals surface area contributed by atoms with Crippen molar-refractivity contribution in [1.29, 1.82) is 5.53 Å². The smallest absolute Gasteiger partial charge is 0.101 e. The Morgan fingerprint density at radius 1 is 1.18 bits per heavy atom. The molecular weight excluding hydrogens is 314 g/mol. The number of benzene rings is 1. The molecule has 0 aliphatic rings. The van der Waals surface area contributed by atoms with Gasteiger partial charge >= 0.3 is 0 Å². The molecule has 0 fully saturated rings. The molecule has 1 aromatic carbocycles. The Morgan fingerprint density at radius 2 is 2.05 bits per heavy atom. The average Bonchev–Trinajstić information content (AvgIpc) is 3.15. The Hall–Kier alpha value is -2.12. The number of aryl methyl sites for hydroxylation is 2. The molecule has 0 atom stereocenters. The lowest BCUT2D eigenvalue weighted by Crippen LogP contribution is -1.97. The van der Waals surface area contributed by atoms with Gasteiger partial charge in [0.2, 0.25) is 0 Å². The molecule has 7 heteroatoms. The molecule has 0 spiro atoms. The Labute approximate surface area is 136 Å². The lowest BCUT2D eigenvalue weighted by atomic mass is 10.0. The summed E-state index contributed by atoms with van der Waals surface area (Å²) < 4.78 is 0. The molecule has 3 aromatic rings. The van der Waals surface area contributed by atoms with Crippen molar-refractivity contribution in [2.24, 2.45) is 5.22 Å². The summed E-state index contributed by atoms with van der Waals surface area (Å²) in [5.74, 6) is 0. The van der Waals surface area contributed by atoms with Gasteiger partial charge in [0.1, 0.15) is 11.4 Å². The van der Waals surface area contributed by atoms with Crippen molar-refractivity contribution in [2.75, 3.05) is 5.43 Å². The third kappa shape index (κ3) is 3.05. The van der Waals surface area contributed by atoms with Crippen molar-refractivity contribution in [3.8, 4) is 11.4 Å². The van der Waals surface area contributed by atoms with E-state index >= 15 is 0 Å². The molecule has 2 N–H and O–H groups in total. The fraction of sp³-hybridized carbons (Fsp3) is 0.200. The van der Waals surface area contributed by atoms with Gasteiger partial charge in [-0.3, -0.25) is 5.43 Å². The van der Waals surface area contributed by atoms with Crippen molar-refractivity contribution in [2.45, 2.75) is 20.3 Å². The van der Waals surface area contributed by atoms with E-state index in [1.54, 1.807) is 22.7 Å². The molecule has 0 saturated carbocycles. The monoisotopic (exact) mass is 329 g/mol. The van der Waals surface area contributed by atoms with E-state index in [9.17, 15) is 0 Å². The summed E-state index contributed by atoms with van der Waals surface area (Å²) in [6.45, 7) is 4.08. The van der Waals surface area contributed by atoms with Crippen LogP contribution >= 0.6 is 22.7 Å². The molecular formula is C15H15N5S2. The first-order valence-electron chi connectivity index (χ1n) is 6.73. The van der Waals surface area contributed by atoms with Gasteiger partial charge in [-0.1, -0.05) is 11.3 Å². The van der Waals surface area contributed by atoms with Gasteiger partial charge in [-0.15, -0.1) is 22.7 Å². The van der Waals surface area contributed by atoms with Crippen molar-refractivity contribution in [3.63, 3.8) is 0 Å². The molecule has 0 bridgehead atoms. The quantitative estimate of drug-likeness (QED) is 0.520. The summed E-state index contributed by atoms with van der Waals surface area (Å²) in [5.41, 5.74) is 17.7. The topological polar surface area (TPSA) is 74.0 Å². The van der Waals surface area contributed by atoms with Crippen LogP contribution in [0.5, 0.6) is 0 Å². The van der Waals surface area contributed by atoms with Gasteiger partial charge in [0, 0.05) is 17.2 Å². The van der Waals surface area contributed by atoms with E-state index in [2.05, 4.69) is 39.0 Å². The third-order valence-electron chi connectivity index (χ3n) is 3.45. The number of hydrogen-bond donors (Lipinski definition) is 2. The molecule has 22 heavy (non-hydrogen) atoms. The van der Waals surface area contributed by atoms with Gasteiger partial charge < -0.3 is 0 Å². The zero-order valence-electron chi connectivity index (χ0n) is 12.3. The first-order chi connectivity index (χ1) is 10.7. The minimum absolute atomic E-state index is 0.805. The number of nitrogens with zero attached hydrogens (tertiary/aromatic N) is 3. The van der Waals surface area contributed by atoms with Gasteiger partial charge in [-0.25, -0.2) is 9.97 Å². The van der Waals surface area contributed by atoms with E-state index in [0.717, 1.165) is 34.1 Å². The van der Waals surface area contributed by atoms with Crippen LogP contribution in [0.25, 0.3) is 11.4 Å². The molecule has 112 valence electrons. The second kappa shape index (κ2) is 6.33. The highest BCUT2D eigenvalue weighted by atomic mass is 32.1. The molecule has 0 unspecified atom stereocenters. The van der Waals surface area contributed by atoms with Crippen LogP contribution in [-0.2, 0) is 6.42 Å². The molecule has 2 aromatic heterocycles. The van der Waals surface area contributed by atoms with E-state index in [-0.39, 0.29) is 0 Å². The van der Waals surface area contributed by atoms with Crippen molar-refractivity contribution in [1.82, 2.24) is 9.97 Å². The molecule has 0 radical (unpaired) electrons. The van der Waals surface area contributed by atoms with E-state index in [1.165, 1.54) is 11.1 Å². The normalized spacial score (nSPS) is 10.6. The summed E-state index contributed by atoms with van der Waals surface area (Å²) in [5, 5.41) is 8.39. The van der Waals surface area contributed by atoms with Gasteiger partial charge in [0.25, 0.3) is 0 Å². The molecule has 0 saturated heterocycles. The van der Waals surface area contributed by atoms with Crippen LogP contribution in [0.2, 0.25) is 0 Å². The number of anilines is 1. The molecule has 0 aliphatic carbocycles. The van der Waals surface area contributed by atoms with Crippen LogP contribution in [0.4, 0.5) is 5.69 Å². The number of hydrogen-bond acceptors (Lipinski definition) is 6. The Kier molecular flexibility index (Phi) is 4.26. The highest BCUT2D eigenvalue weighted by molar-refractivity contribution is 7.10. The minimum Gasteiger partial charge on any atom is -0.260 e. The highest BCUT2D eigenvalue weighted by Gasteiger charge is 2.10. The van der Waals surface area contributed by atoms with Gasteiger partial charge in [-0.05, 0) is 36.6 Å². The van der Waals surface area contributed by atoms with E-state index in [1.807, 2.05) is 23.9 Å². The minimum atomic E-state index is 0.805. The van der Waals surface area contributed by atoms with Crippen LogP contribution < -0.4 is 5.43 Å². The standard InChI is InChI=1S/C15H15N5S2/c1-9-4-12(19-20-16)10(2)3-11(9)5-15-18-14(7-22-15)13-6-21-8-17-13/h3-4,6-8H,5H2,1-2H3,(H2,16,19). The second-order valence-electron chi connectivity index (χ2n) is 4.99. The van der Waals surface area contributed by atoms with Gasteiger partial charge in [0.05, 0.1) is 16.2 Å². The van der Waals surface area contributed by atoms with E-state index in [0.29, 0.717) is 0 Å². The Morgan fingerprint density at radius 3 is 2.77 bits per heavy atom. The van der Waals surface area contributed by atoms with E-state index < -0.39 is 0 Å². The van der Waals surface area contributed by atoms with Crippen LogP contribution in [-0.4, -0.2) is 9.97 Å². The van der Waals surface area contributed by atoms with E-state index in [4.69, 9.17) is 5.53 Å². The number of thiazole rings is 2. The fourth-order valence-corrected chi connectivity index (χ4v) is 3.62. The maximum Gasteiger partial charge on any atom is 0.101 e. The highest BCUT2D eigenvalue weighted by Crippen LogP contribution is 2.26. The Balaban J connectivity index is 1.84. The summed E-state index contributed by atoms with van der Waals surface area (Å²) in [6.07, 6.45) is 0.805. The summed E-state index contributed by atoms with van der Waals surface area (Å²) in [6, 6.07) is 4.16. The predicted molar refractivity (Wildman–Crippen MR) is 90.7 cm³/mol. The molecule has 3 rings (SSSR count). The van der Waals surface area contributed by atoms with Gasteiger partial charge in [0.15, 0.2) is 0 Å². The first-order valence-corrected chi connectivity index (χ1v) is 8.55. The largest absolute Gasteiger partial charge is 0.260 e. The molecule has 2 heterocycles. The summed E-state index contributed by atoms with van der Waals surface area (Å²) in [7, 11) is 0. The van der Waals surface area contributed by atoms with Crippen LogP contribution in [0.1, 0.15) is 21.7 Å². The SMILES string of the molecule is Cc1cc(NN=N)c(C)cc1Cc1nc(-c2cscn2)cs1. The third-order valence-corrected chi connectivity index (χ3v) is 4.88. The van der Waals surface area contributed by atoms with Crippen molar-refractivity contribution >= 4 is 28.4 Å². The predicted octanol–water partition coefficient (Wildman–Crippen LogP) is 4.83.